The molecule has 0 radical (unpaired) electrons. The van der Waals surface area contributed by atoms with E-state index in [1.807, 2.05) is 0 Å². The van der Waals surface area contributed by atoms with Gasteiger partial charge in [0.15, 0.2) is 0 Å². The molecule has 2 aromatic carbocycles. The molecule has 23 heavy (non-hydrogen) atoms. The molecule has 1 aliphatic carbocycles. The van der Waals surface area contributed by atoms with E-state index in [4.69, 9.17) is 4.74 Å². The first-order valence-electron chi connectivity index (χ1n) is 8.59. The average Bonchev–Trinajstić information content (AvgIpc) is 2.63. The lowest BCUT2D eigenvalue weighted by molar-refractivity contribution is 0.304. The third kappa shape index (κ3) is 2.96. The van der Waals surface area contributed by atoms with E-state index in [0.717, 1.165) is 11.5 Å². The summed E-state index contributed by atoms with van der Waals surface area (Å²) in [6.07, 6.45) is 11.1. The van der Waals surface area contributed by atoms with Crippen molar-refractivity contribution in [2.45, 2.75) is 32.1 Å². The van der Waals surface area contributed by atoms with Crippen molar-refractivity contribution in [3.05, 3.63) is 83.9 Å². The summed E-state index contributed by atoms with van der Waals surface area (Å²) in [5.74, 6) is 2.02. The SMILES string of the molecule is C1=C(c2ccccc2)OC(c2ccccc2)=CC12CCCCC2. The summed E-state index contributed by atoms with van der Waals surface area (Å²) >= 11 is 0. The minimum Gasteiger partial charge on any atom is -0.457 e. The van der Waals surface area contributed by atoms with Gasteiger partial charge in [0.1, 0.15) is 11.5 Å². The zero-order valence-electron chi connectivity index (χ0n) is 13.4. The van der Waals surface area contributed by atoms with Gasteiger partial charge in [0.25, 0.3) is 0 Å². The molecule has 2 aliphatic rings. The van der Waals surface area contributed by atoms with Gasteiger partial charge >= 0.3 is 0 Å². The van der Waals surface area contributed by atoms with Crippen molar-refractivity contribution in [3.63, 3.8) is 0 Å². The molecule has 116 valence electrons. The Kier molecular flexibility index (Phi) is 3.78. The fourth-order valence-electron chi connectivity index (χ4n) is 3.73. The van der Waals surface area contributed by atoms with E-state index in [1.54, 1.807) is 0 Å². The molecule has 2 aromatic rings. The summed E-state index contributed by atoms with van der Waals surface area (Å²) in [5, 5.41) is 0. The summed E-state index contributed by atoms with van der Waals surface area (Å²) < 4.78 is 6.31. The van der Waals surface area contributed by atoms with Crippen molar-refractivity contribution in [2.75, 3.05) is 0 Å². The predicted octanol–water partition coefficient (Wildman–Crippen LogP) is 6.05. The molecule has 1 aliphatic heterocycles. The number of hydrogen-bond acceptors (Lipinski definition) is 1. The third-order valence-corrected chi connectivity index (χ3v) is 4.96. The molecular formula is C22H22O. The highest BCUT2D eigenvalue weighted by atomic mass is 16.5. The first kappa shape index (κ1) is 14.3. The quantitative estimate of drug-likeness (QED) is 0.656. The van der Waals surface area contributed by atoms with Crippen LogP contribution in [-0.4, -0.2) is 0 Å². The summed E-state index contributed by atoms with van der Waals surface area (Å²) in [7, 11) is 0. The Labute approximate surface area is 138 Å². The molecule has 1 fully saturated rings. The second kappa shape index (κ2) is 6.08. The first-order chi connectivity index (χ1) is 11.3. The number of rotatable bonds is 2. The topological polar surface area (TPSA) is 9.23 Å². The maximum Gasteiger partial charge on any atom is 0.131 e. The zero-order chi connectivity index (χ0) is 15.5. The first-order valence-corrected chi connectivity index (χ1v) is 8.59. The summed E-state index contributed by atoms with van der Waals surface area (Å²) in [5.41, 5.74) is 2.49. The van der Waals surface area contributed by atoms with Crippen molar-refractivity contribution in [3.8, 4) is 0 Å². The lowest BCUT2D eigenvalue weighted by Gasteiger charge is -2.36. The minimum absolute atomic E-state index is 0.160. The number of benzene rings is 2. The summed E-state index contributed by atoms with van der Waals surface area (Å²) in [4.78, 5) is 0. The maximum absolute atomic E-state index is 6.31. The molecule has 0 amide bonds. The Bertz CT molecular complexity index is 662. The Hall–Kier alpha value is -2.28. The predicted molar refractivity (Wildman–Crippen MR) is 95.4 cm³/mol. The molecule has 1 heteroatoms. The van der Waals surface area contributed by atoms with Crippen LogP contribution in [0.2, 0.25) is 0 Å². The lowest BCUT2D eigenvalue weighted by Crippen LogP contribution is -2.23. The Morgan fingerprint density at radius 2 is 1.09 bits per heavy atom. The van der Waals surface area contributed by atoms with E-state index in [0.29, 0.717) is 0 Å². The zero-order valence-corrected chi connectivity index (χ0v) is 13.4. The minimum atomic E-state index is 0.160. The highest BCUT2D eigenvalue weighted by Crippen LogP contribution is 2.46. The van der Waals surface area contributed by atoms with E-state index >= 15 is 0 Å². The van der Waals surface area contributed by atoms with Crippen LogP contribution in [0.25, 0.3) is 11.5 Å². The monoisotopic (exact) mass is 302 g/mol. The van der Waals surface area contributed by atoms with Crippen LogP contribution in [0.3, 0.4) is 0 Å². The molecule has 0 bridgehead atoms. The fraction of sp³-hybridized carbons (Fsp3) is 0.273. The number of hydrogen-bond donors (Lipinski definition) is 0. The largest absolute Gasteiger partial charge is 0.457 e. The standard InChI is InChI=1S/C22H22O/c1-4-10-18(11-5-1)20-16-22(14-8-3-9-15-22)17-21(23-20)19-12-6-2-7-13-19/h1-2,4-7,10-13,16-17H,3,8-9,14-15H2. The van der Waals surface area contributed by atoms with Gasteiger partial charge in [0.2, 0.25) is 0 Å². The van der Waals surface area contributed by atoms with Crippen LogP contribution in [0.1, 0.15) is 43.2 Å². The van der Waals surface area contributed by atoms with Gasteiger partial charge in [-0.1, -0.05) is 79.9 Å². The lowest BCUT2D eigenvalue weighted by atomic mass is 9.72. The van der Waals surface area contributed by atoms with Crippen molar-refractivity contribution < 1.29 is 4.74 Å². The summed E-state index contributed by atoms with van der Waals surface area (Å²) in [6, 6.07) is 21.0. The van der Waals surface area contributed by atoms with Crippen LogP contribution in [-0.2, 0) is 4.74 Å². The Morgan fingerprint density at radius 3 is 1.57 bits per heavy atom. The molecule has 0 N–H and O–H groups in total. The second-order valence-corrected chi connectivity index (χ2v) is 6.65. The van der Waals surface area contributed by atoms with Crippen molar-refractivity contribution in [2.24, 2.45) is 5.41 Å². The second-order valence-electron chi connectivity index (χ2n) is 6.65. The number of allylic oxidation sites excluding steroid dienone is 2. The van der Waals surface area contributed by atoms with Crippen molar-refractivity contribution in [1.82, 2.24) is 0 Å². The maximum atomic E-state index is 6.31. The summed E-state index contributed by atoms with van der Waals surface area (Å²) in [6.45, 7) is 0. The van der Waals surface area contributed by atoms with Gasteiger partial charge in [-0.25, -0.2) is 0 Å². The molecule has 1 saturated carbocycles. The number of ether oxygens (including phenoxy) is 1. The molecule has 1 heterocycles. The normalized spacial score (nSPS) is 19.7. The van der Waals surface area contributed by atoms with Gasteiger partial charge in [-0.3, -0.25) is 0 Å². The molecular weight excluding hydrogens is 280 g/mol. The molecule has 0 saturated heterocycles. The van der Waals surface area contributed by atoms with Crippen LogP contribution in [0.5, 0.6) is 0 Å². The molecule has 0 aromatic heterocycles. The van der Waals surface area contributed by atoms with E-state index in [1.165, 1.54) is 43.2 Å². The highest BCUT2D eigenvalue weighted by Gasteiger charge is 2.33. The highest BCUT2D eigenvalue weighted by molar-refractivity contribution is 5.74. The molecule has 0 atom stereocenters. The van der Waals surface area contributed by atoms with E-state index in [9.17, 15) is 0 Å². The molecule has 1 spiro atoms. The van der Waals surface area contributed by atoms with E-state index in [2.05, 4.69) is 72.8 Å². The van der Waals surface area contributed by atoms with Crippen LogP contribution < -0.4 is 0 Å². The van der Waals surface area contributed by atoms with E-state index < -0.39 is 0 Å². The van der Waals surface area contributed by atoms with Crippen molar-refractivity contribution in [1.29, 1.82) is 0 Å². The van der Waals surface area contributed by atoms with Gasteiger partial charge in [0.05, 0.1) is 0 Å². The van der Waals surface area contributed by atoms with Gasteiger partial charge in [-0.05, 0) is 25.0 Å². The van der Waals surface area contributed by atoms with Crippen LogP contribution >= 0.6 is 0 Å². The Balaban J connectivity index is 1.77. The van der Waals surface area contributed by atoms with E-state index in [-0.39, 0.29) is 5.41 Å². The van der Waals surface area contributed by atoms with Crippen molar-refractivity contribution >= 4 is 11.5 Å². The van der Waals surface area contributed by atoms with Gasteiger partial charge < -0.3 is 4.74 Å². The molecule has 1 nitrogen and oxygen atoms in total. The van der Waals surface area contributed by atoms with Gasteiger partial charge in [-0.15, -0.1) is 0 Å². The van der Waals surface area contributed by atoms with Crippen LogP contribution in [0.4, 0.5) is 0 Å². The fourth-order valence-corrected chi connectivity index (χ4v) is 3.73. The average molecular weight is 302 g/mol. The smallest absolute Gasteiger partial charge is 0.131 e. The van der Waals surface area contributed by atoms with Crippen LogP contribution in [0.15, 0.2) is 72.8 Å². The Morgan fingerprint density at radius 1 is 0.609 bits per heavy atom. The molecule has 0 unspecified atom stereocenters. The molecule has 4 rings (SSSR count). The van der Waals surface area contributed by atoms with Crippen LogP contribution in [0, 0.1) is 5.41 Å². The third-order valence-electron chi connectivity index (χ3n) is 4.96. The van der Waals surface area contributed by atoms with Gasteiger partial charge in [-0.2, -0.15) is 0 Å². The van der Waals surface area contributed by atoms with Gasteiger partial charge in [0, 0.05) is 16.5 Å².